The van der Waals surface area contributed by atoms with Gasteiger partial charge in [0.1, 0.15) is 11.5 Å². The number of sulfone groups is 1. The lowest BCUT2D eigenvalue weighted by Crippen LogP contribution is -2.39. The predicted octanol–water partition coefficient (Wildman–Crippen LogP) is 2.95. The highest BCUT2D eigenvalue weighted by Crippen LogP contribution is 2.36. The van der Waals surface area contributed by atoms with E-state index in [-0.39, 0.29) is 34.6 Å². The minimum absolute atomic E-state index is 0.0177. The van der Waals surface area contributed by atoms with Crippen molar-refractivity contribution in [3.05, 3.63) is 70.7 Å². The number of ketones is 1. The number of rotatable bonds is 6. The highest BCUT2D eigenvalue weighted by Gasteiger charge is 2.43. The van der Waals surface area contributed by atoms with Gasteiger partial charge in [0.2, 0.25) is 5.91 Å². The van der Waals surface area contributed by atoms with Crippen molar-refractivity contribution in [1.82, 2.24) is 19.9 Å². The van der Waals surface area contributed by atoms with Crippen molar-refractivity contribution in [3.8, 4) is 0 Å². The molecule has 10 heteroatoms. The van der Waals surface area contributed by atoms with Crippen LogP contribution in [0.15, 0.2) is 41.4 Å². The molecule has 1 aliphatic rings. The molecule has 0 saturated carbocycles. The zero-order chi connectivity index (χ0) is 25.4. The second-order valence-corrected chi connectivity index (χ2v) is 11.2. The Morgan fingerprint density at radius 2 is 1.83 bits per heavy atom. The van der Waals surface area contributed by atoms with Crippen LogP contribution in [0, 0.1) is 13.8 Å². The second-order valence-electron chi connectivity index (χ2n) is 8.93. The summed E-state index contributed by atoms with van der Waals surface area (Å²) in [6, 6.07) is 8.09. The number of aryl methyl sites for hydroxylation is 3. The van der Waals surface area contributed by atoms with Crippen molar-refractivity contribution in [2.24, 2.45) is 0 Å². The summed E-state index contributed by atoms with van der Waals surface area (Å²) < 4.78 is 23.9. The fraction of sp³-hybridized carbons (Fsp3) is 0.360. The van der Waals surface area contributed by atoms with Crippen molar-refractivity contribution in [2.45, 2.75) is 57.3 Å². The summed E-state index contributed by atoms with van der Waals surface area (Å²) in [6.45, 7) is 7.13. The quantitative estimate of drug-likeness (QED) is 0.554. The highest BCUT2D eigenvalue weighted by atomic mass is 32.2. The number of anilines is 1. The Hall–Kier alpha value is -3.53. The first-order chi connectivity index (χ1) is 16.5. The van der Waals surface area contributed by atoms with E-state index < -0.39 is 15.3 Å². The summed E-state index contributed by atoms with van der Waals surface area (Å²) in [4.78, 5) is 43.7. The van der Waals surface area contributed by atoms with E-state index in [0.29, 0.717) is 41.3 Å². The molecule has 0 fully saturated rings. The number of carbonyl (C=O) groups excluding carboxylic acids is 2. The molecular formula is C25H27N5O4S. The highest BCUT2D eigenvalue weighted by molar-refractivity contribution is 7.91. The van der Waals surface area contributed by atoms with Gasteiger partial charge in [-0.05, 0) is 57.4 Å². The molecule has 0 radical (unpaired) electrons. The smallest absolute Gasteiger partial charge is 0.229 e. The molecule has 1 unspecified atom stereocenters. The van der Waals surface area contributed by atoms with Crippen molar-refractivity contribution in [3.63, 3.8) is 0 Å². The zero-order valence-corrected chi connectivity index (χ0v) is 20.9. The number of benzene rings is 1. The summed E-state index contributed by atoms with van der Waals surface area (Å²) >= 11 is 0. The molecule has 1 atom stereocenters. The molecule has 0 aliphatic heterocycles. The van der Waals surface area contributed by atoms with Crippen molar-refractivity contribution in [2.75, 3.05) is 11.1 Å². The number of nitrogens with one attached hydrogen (secondary N) is 1. The Morgan fingerprint density at radius 3 is 2.49 bits per heavy atom. The standard InChI is InChI=1S/C25H27N5O4S/c1-5-35(33,34)18-8-6-17(7-9-18)13-22(31)30-21-14-26-23-19(29-21)10-11-25(4,24(23)32)20-12-15(2)27-16(3)28-20/h6-9,12,14H,5,10-11,13H2,1-4H3,(H,29,30,31). The zero-order valence-electron chi connectivity index (χ0n) is 20.1. The molecule has 9 nitrogen and oxygen atoms in total. The van der Waals surface area contributed by atoms with E-state index in [9.17, 15) is 18.0 Å². The minimum atomic E-state index is -3.29. The van der Waals surface area contributed by atoms with Crippen LogP contribution < -0.4 is 5.32 Å². The lowest BCUT2D eigenvalue weighted by molar-refractivity contribution is -0.115. The number of fused-ring (bicyclic) bond motifs is 1. The van der Waals surface area contributed by atoms with Gasteiger partial charge in [0, 0.05) is 5.69 Å². The molecule has 2 aromatic heterocycles. The molecule has 1 aromatic carbocycles. The topological polar surface area (TPSA) is 132 Å². The van der Waals surface area contributed by atoms with Crippen LogP contribution in [0.25, 0.3) is 0 Å². The van der Waals surface area contributed by atoms with Gasteiger partial charge in [-0.2, -0.15) is 0 Å². The fourth-order valence-electron chi connectivity index (χ4n) is 4.19. The van der Waals surface area contributed by atoms with Crippen LogP contribution in [0.4, 0.5) is 5.82 Å². The Kier molecular flexibility index (Phi) is 6.50. The molecule has 1 N–H and O–H groups in total. The van der Waals surface area contributed by atoms with Crippen LogP contribution >= 0.6 is 0 Å². The molecule has 0 saturated heterocycles. The van der Waals surface area contributed by atoms with Crippen LogP contribution in [0.3, 0.4) is 0 Å². The van der Waals surface area contributed by atoms with E-state index in [4.69, 9.17) is 0 Å². The third-order valence-electron chi connectivity index (χ3n) is 6.25. The molecule has 0 spiro atoms. The summed E-state index contributed by atoms with van der Waals surface area (Å²) in [7, 11) is -3.29. The normalized spacial score (nSPS) is 17.7. The number of carbonyl (C=O) groups is 2. The maximum atomic E-state index is 13.4. The summed E-state index contributed by atoms with van der Waals surface area (Å²) in [5.41, 5.74) is 2.17. The molecule has 1 aliphatic carbocycles. The van der Waals surface area contributed by atoms with Gasteiger partial charge in [-0.15, -0.1) is 0 Å². The van der Waals surface area contributed by atoms with Crippen LogP contribution in [0.2, 0.25) is 0 Å². The number of hydrogen-bond acceptors (Lipinski definition) is 8. The maximum absolute atomic E-state index is 13.4. The van der Waals surface area contributed by atoms with E-state index in [0.717, 1.165) is 5.69 Å². The number of amides is 1. The van der Waals surface area contributed by atoms with Gasteiger partial charge in [0.25, 0.3) is 0 Å². The molecule has 2 heterocycles. The molecule has 0 bridgehead atoms. The van der Waals surface area contributed by atoms with Crippen molar-refractivity contribution in [1.29, 1.82) is 0 Å². The van der Waals surface area contributed by atoms with Gasteiger partial charge in [0.15, 0.2) is 21.4 Å². The van der Waals surface area contributed by atoms with Crippen LogP contribution in [-0.4, -0.2) is 45.8 Å². The fourth-order valence-corrected chi connectivity index (χ4v) is 5.08. The summed E-state index contributed by atoms with van der Waals surface area (Å²) in [5.74, 6) is 0.437. The Morgan fingerprint density at radius 1 is 1.11 bits per heavy atom. The van der Waals surface area contributed by atoms with Gasteiger partial charge in [-0.1, -0.05) is 19.1 Å². The molecule has 1 amide bonds. The summed E-state index contributed by atoms with van der Waals surface area (Å²) in [5, 5.41) is 2.72. The van der Waals surface area contributed by atoms with Crippen LogP contribution in [0.1, 0.15) is 59.2 Å². The Labute approximate surface area is 204 Å². The molecule has 35 heavy (non-hydrogen) atoms. The monoisotopic (exact) mass is 493 g/mol. The lowest BCUT2D eigenvalue weighted by Gasteiger charge is -2.32. The van der Waals surface area contributed by atoms with Gasteiger partial charge in [0.05, 0.1) is 40.1 Å². The average Bonchev–Trinajstić information content (AvgIpc) is 2.81. The minimum Gasteiger partial charge on any atom is -0.309 e. The predicted molar refractivity (Wildman–Crippen MR) is 130 cm³/mol. The average molecular weight is 494 g/mol. The first-order valence-corrected chi connectivity index (χ1v) is 13.0. The van der Waals surface area contributed by atoms with Gasteiger partial charge in [-0.3, -0.25) is 9.59 Å². The Balaban J connectivity index is 1.48. The van der Waals surface area contributed by atoms with E-state index in [1.807, 2.05) is 19.9 Å². The first-order valence-electron chi connectivity index (χ1n) is 11.4. The number of aromatic nitrogens is 4. The van der Waals surface area contributed by atoms with E-state index in [1.54, 1.807) is 26.0 Å². The molecule has 4 rings (SSSR count). The third-order valence-corrected chi connectivity index (χ3v) is 8.00. The van der Waals surface area contributed by atoms with Gasteiger partial charge >= 0.3 is 0 Å². The molecule has 3 aromatic rings. The van der Waals surface area contributed by atoms with E-state index in [1.165, 1.54) is 18.3 Å². The Bertz CT molecular complexity index is 1400. The number of hydrogen-bond donors (Lipinski definition) is 1. The summed E-state index contributed by atoms with van der Waals surface area (Å²) in [6.07, 6.45) is 2.47. The second kappa shape index (κ2) is 9.26. The number of Topliss-reactive ketones (excluding diaryl/α,β-unsaturated/α-hetero) is 1. The molecule has 182 valence electrons. The number of nitrogens with zero attached hydrogens (tertiary/aromatic N) is 4. The van der Waals surface area contributed by atoms with Crippen molar-refractivity contribution < 1.29 is 18.0 Å². The first kappa shape index (κ1) is 24.6. The van der Waals surface area contributed by atoms with Crippen molar-refractivity contribution >= 4 is 27.3 Å². The van der Waals surface area contributed by atoms with Gasteiger partial charge < -0.3 is 5.32 Å². The van der Waals surface area contributed by atoms with Crippen LogP contribution in [0.5, 0.6) is 0 Å². The SMILES string of the molecule is CCS(=O)(=O)c1ccc(CC(=O)Nc2cnc3c(n2)CCC(C)(c2cc(C)nc(C)n2)C3=O)cc1. The van der Waals surface area contributed by atoms with Crippen LogP contribution in [-0.2, 0) is 32.9 Å². The third kappa shape index (κ3) is 4.97. The maximum Gasteiger partial charge on any atom is 0.229 e. The largest absolute Gasteiger partial charge is 0.309 e. The van der Waals surface area contributed by atoms with E-state index in [2.05, 4.69) is 25.3 Å². The van der Waals surface area contributed by atoms with E-state index >= 15 is 0 Å². The molecular weight excluding hydrogens is 466 g/mol. The lowest BCUT2D eigenvalue weighted by atomic mass is 9.72. The van der Waals surface area contributed by atoms with Gasteiger partial charge in [-0.25, -0.2) is 28.4 Å².